The summed E-state index contributed by atoms with van der Waals surface area (Å²) in [6, 6.07) is 3.28. The van der Waals surface area contributed by atoms with E-state index < -0.39 is 5.91 Å². The van der Waals surface area contributed by atoms with Crippen LogP contribution in [0, 0.1) is 0 Å². The van der Waals surface area contributed by atoms with Crippen molar-refractivity contribution >= 4 is 11.7 Å². The van der Waals surface area contributed by atoms with Crippen LogP contribution in [0.5, 0.6) is 0 Å². The summed E-state index contributed by atoms with van der Waals surface area (Å²) < 4.78 is 5.05. The zero-order valence-electron chi connectivity index (χ0n) is 8.85. The second-order valence-electron chi connectivity index (χ2n) is 3.06. The fourth-order valence-electron chi connectivity index (χ4n) is 1.06. The summed E-state index contributed by atoms with van der Waals surface area (Å²) in [4.78, 5) is 14.8. The molecule has 0 spiro atoms. The number of aliphatic hydroxyl groups is 1. The molecule has 0 fully saturated rings. The number of amides is 1. The molecule has 0 bridgehead atoms. The van der Waals surface area contributed by atoms with E-state index in [1.54, 1.807) is 12.1 Å². The second kappa shape index (κ2) is 6.76. The normalized spacial score (nSPS) is 10.1. The van der Waals surface area contributed by atoms with E-state index in [0.29, 0.717) is 31.1 Å². The summed E-state index contributed by atoms with van der Waals surface area (Å²) in [6.45, 7) is 1.42. The first-order valence-corrected chi connectivity index (χ1v) is 4.92. The van der Waals surface area contributed by atoms with Gasteiger partial charge in [0.15, 0.2) is 0 Å². The van der Waals surface area contributed by atoms with Gasteiger partial charge in [-0.1, -0.05) is 0 Å². The van der Waals surface area contributed by atoms with Gasteiger partial charge in [-0.05, 0) is 12.1 Å². The van der Waals surface area contributed by atoms with E-state index in [9.17, 15) is 4.79 Å². The van der Waals surface area contributed by atoms with Gasteiger partial charge in [0.2, 0.25) is 5.91 Å². The van der Waals surface area contributed by atoms with Gasteiger partial charge in [0.1, 0.15) is 5.82 Å². The average Bonchev–Trinajstić information content (AvgIpc) is 2.29. The Morgan fingerprint density at radius 2 is 2.31 bits per heavy atom. The van der Waals surface area contributed by atoms with E-state index in [1.807, 2.05) is 0 Å². The number of primary amides is 1. The lowest BCUT2D eigenvalue weighted by Crippen LogP contribution is -2.13. The summed E-state index contributed by atoms with van der Waals surface area (Å²) in [7, 11) is 0. The molecule has 1 amide bonds. The highest BCUT2D eigenvalue weighted by Gasteiger charge is 2.00. The smallest absolute Gasteiger partial charge is 0.250 e. The van der Waals surface area contributed by atoms with Gasteiger partial charge in [-0.15, -0.1) is 0 Å². The molecule has 0 aromatic carbocycles. The van der Waals surface area contributed by atoms with Crippen molar-refractivity contribution in [1.29, 1.82) is 0 Å². The van der Waals surface area contributed by atoms with Crippen molar-refractivity contribution in [1.82, 2.24) is 4.98 Å². The van der Waals surface area contributed by atoms with E-state index in [-0.39, 0.29) is 6.61 Å². The molecule has 0 radical (unpaired) electrons. The van der Waals surface area contributed by atoms with Crippen LogP contribution in [-0.4, -0.2) is 42.4 Å². The Labute approximate surface area is 93.4 Å². The molecule has 1 aromatic heterocycles. The first kappa shape index (κ1) is 12.4. The van der Waals surface area contributed by atoms with Crippen molar-refractivity contribution in [3.63, 3.8) is 0 Å². The van der Waals surface area contributed by atoms with Crippen molar-refractivity contribution < 1.29 is 14.6 Å². The van der Waals surface area contributed by atoms with Crippen molar-refractivity contribution in [3.05, 3.63) is 23.9 Å². The molecular weight excluding hydrogens is 210 g/mol. The zero-order chi connectivity index (χ0) is 11.8. The topological polar surface area (TPSA) is 97.5 Å². The lowest BCUT2D eigenvalue weighted by Gasteiger charge is -2.05. The molecule has 1 heterocycles. The minimum atomic E-state index is -0.495. The molecule has 0 atom stereocenters. The molecule has 0 aliphatic carbocycles. The van der Waals surface area contributed by atoms with Crippen LogP contribution in [0.15, 0.2) is 18.3 Å². The third-order valence-electron chi connectivity index (χ3n) is 1.84. The van der Waals surface area contributed by atoms with E-state index in [1.165, 1.54) is 6.20 Å². The van der Waals surface area contributed by atoms with Crippen LogP contribution < -0.4 is 11.1 Å². The molecule has 0 saturated heterocycles. The number of ether oxygens (including phenoxy) is 1. The van der Waals surface area contributed by atoms with Crippen LogP contribution in [0.4, 0.5) is 5.82 Å². The maximum Gasteiger partial charge on any atom is 0.250 e. The zero-order valence-corrected chi connectivity index (χ0v) is 8.85. The average molecular weight is 225 g/mol. The number of rotatable bonds is 7. The van der Waals surface area contributed by atoms with Crippen LogP contribution in [0.25, 0.3) is 0 Å². The third kappa shape index (κ3) is 4.24. The maximum atomic E-state index is 10.8. The fraction of sp³-hybridized carbons (Fsp3) is 0.400. The van der Waals surface area contributed by atoms with Gasteiger partial charge < -0.3 is 20.9 Å². The molecule has 0 aliphatic heterocycles. The van der Waals surface area contributed by atoms with Crippen molar-refractivity contribution in [2.24, 2.45) is 5.73 Å². The molecule has 1 aromatic rings. The van der Waals surface area contributed by atoms with Gasteiger partial charge >= 0.3 is 0 Å². The number of pyridine rings is 1. The Kier molecular flexibility index (Phi) is 5.24. The highest BCUT2D eigenvalue weighted by Crippen LogP contribution is 2.03. The van der Waals surface area contributed by atoms with Crippen LogP contribution in [0.3, 0.4) is 0 Å². The van der Waals surface area contributed by atoms with Gasteiger partial charge in [-0.3, -0.25) is 4.79 Å². The van der Waals surface area contributed by atoms with Crippen molar-refractivity contribution in [2.75, 3.05) is 31.7 Å². The lowest BCUT2D eigenvalue weighted by atomic mass is 10.3. The molecule has 16 heavy (non-hydrogen) atoms. The Morgan fingerprint density at radius 1 is 1.50 bits per heavy atom. The number of nitrogens with two attached hydrogens (primary N) is 1. The van der Waals surface area contributed by atoms with E-state index in [2.05, 4.69) is 10.3 Å². The van der Waals surface area contributed by atoms with Gasteiger partial charge in [-0.25, -0.2) is 4.98 Å². The number of hydrogen-bond donors (Lipinski definition) is 3. The summed E-state index contributed by atoms with van der Waals surface area (Å²) in [5.74, 6) is 0.155. The highest BCUT2D eigenvalue weighted by atomic mass is 16.5. The molecule has 0 aliphatic rings. The van der Waals surface area contributed by atoms with E-state index in [0.717, 1.165) is 0 Å². The lowest BCUT2D eigenvalue weighted by molar-refractivity contribution is 0.0991. The van der Waals surface area contributed by atoms with Gasteiger partial charge in [-0.2, -0.15) is 0 Å². The van der Waals surface area contributed by atoms with Crippen molar-refractivity contribution in [3.8, 4) is 0 Å². The molecule has 6 nitrogen and oxygen atoms in total. The standard InChI is InChI=1S/C10H15N3O3/c11-10(15)8-1-2-9(13-7-8)12-3-5-16-6-4-14/h1-2,7,14H,3-6H2,(H2,11,15)(H,12,13). The second-order valence-corrected chi connectivity index (χ2v) is 3.06. The van der Waals surface area contributed by atoms with Crippen LogP contribution in [-0.2, 0) is 4.74 Å². The van der Waals surface area contributed by atoms with Gasteiger partial charge in [0, 0.05) is 12.7 Å². The molecule has 0 saturated carbocycles. The molecule has 0 unspecified atom stereocenters. The molecule has 88 valence electrons. The third-order valence-corrected chi connectivity index (χ3v) is 1.84. The molecule has 1 rings (SSSR count). The van der Waals surface area contributed by atoms with Crippen molar-refractivity contribution in [2.45, 2.75) is 0 Å². The Bertz CT molecular complexity index is 327. The number of nitrogens with zero attached hydrogens (tertiary/aromatic N) is 1. The first-order chi connectivity index (χ1) is 7.74. The number of anilines is 1. The Morgan fingerprint density at radius 3 is 2.88 bits per heavy atom. The Balaban J connectivity index is 2.29. The fourth-order valence-corrected chi connectivity index (χ4v) is 1.06. The molecule has 4 N–H and O–H groups in total. The number of aliphatic hydroxyl groups excluding tert-OH is 1. The monoisotopic (exact) mass is 225 g/mol. The SMILES string of the molecule is NC(=O)c1ccc(NCCOCCO)nc1. The van der Waals surface area contributed by atoms with Crippen LogP contribution in [0.2, 0.25) is 0 Å². The van der Waals surface area contributed by atoms with E-state index >= 15 is 0 Å². The predicted octanol–water partition coefficient (Wildman–Crippen LogP) is -0.399. The maximum absolute atomic E-state index is 10.8. The summed E-state index contributed by atoms with van der Waals surface area (Å²) >= 11 is 0. The number of nitrogens with one attached hydrogen (secondary N) is 1. The highest BCUT2D eigenvalue weighted by molar-refractivity contribution is 5.92. The number of aromatic nitrogens is 1. The van der Waals surface area contributed by atoms with Gasteiger partial charge in [0.05, 0.1) is 25.4 Å². The molecular formula is C10H15N3O3. The minimum absolute atomic E-state index is 0.0194. The summed E-state index contributed by atoms with van der Waals surface area (Å²) in [6.07, 6.45) is 1.42. The number of carbonyl (C=O) groups is 1. The Hall–Kier alpha value is -1.66. The van der Waals surface area contributed by atoms with E-state index in [4.69, 9.17) is 15.6 Å². The minimum Gasteiger partial charge on any atom is -0.394 e. The number of hydrogen-bond acceptors (Lipinski definition) is 5. The first-order valence-electron chi connectivity index (χ1n) is 4.92. The largest absolute Gasteiger partial charge is 0.394 e. The van der Waals surface area contributed by atoms with Gasteiger partial charge in [0.25, 0.3) is 0 Å². The van der Waals surface area contributed by atoms with Crippen LogP contribution in [0.1, 0.15) is 10.4 Å². The predicted molar refractivity (Wildman–Crippen MR) is 59.1 cm³/mol. The molecule has 6 heteroatoms. The summed E-state index contributed by atoms with van der Waals surface area (Å²) in [5.41, 5.74) is 5.45. The quantitative estimate of drug-likeness (QED) is 0.549. The number of carbonyl (C=O) groups excluding carboxylic acids is 1. The van der Waals surface area contributed by atoms with Crippen LogP contribution >= 0.6 is 0 Å². The summed E-state index contributed by atoms with van der Waals surface area (Å²) in [5, 5.41) is 11.5.